The van der Waals surface area contributed by atoms with E-state index in [0.717, 1.165) is 17.0 Å². The zero-order valence-corrected chi connectivity index (χ0v) is 16.2. The zero-order chi connectivity index (χ0) is 19.6. The van der Waals surface area contributed by atoms with E-state index in [2.05, 4.69) is 32.9 Å². The van der Waals surface area contributed by atoms with Crippen molar-refractivity contribution in [3.63, 3.8) is 0 Å². The normalized spacial score (nSPS) is 11.1. The molecule has 0 bridgehead atoms. The molecule has 8 nitrogen and oxygen atoms in total. The fraction of sp³-hybridized carbons (Fsp3) is 0.333. The lowest BCUT2D eigenvalue weighted by molar-refractivity contribution is -0.117. The molecule has 0 unspecified atom stereocenters. The topological polar surface area (TPSA) is 122 Å². The number of carbonyl (C=O) groups is 2. The van der Waals surface area contributed by atoms with E-state index in [0.29, 0.717) is 24.6 Å². The number of nitrogens with two attached hydrogens (primary N) is 1. The van der Waals surface area contributed by atoms with Crippen molar-refractivity contribution in [3.8, 4) is 0 Å². The Balaban J connectivity index is 1.81. The third-order valence-corrected chi connectivity index (χ3v) is 4.82. The predicted molar refractivity (Wildman–Crippen MR) is 107 cm³/mol. The fourth-order valence-electron chi connectivity index (χ4n) is 2.20. The zero-order valence-electron chi connectivity index (χ0n) is 15.4. The Labute approximate surface area is 162 Å². The van der Waals surface area contributed by atoms with Gasteiger partial charge in [0.25, 0.3) is 5.91 Å². The third kappa shape index (κ3) is 6.70. The number of nitrogens with one attached hydrogen (secondary N) is 3. The second-order valence-electron chi connectivity index (χ2n) is 5.70. The molecule has 5 N–H and O–H groups in total. The highest BCUT2D eigenvalue weighted by atomic mass is 32.1. The quantitative estimate of drug-likeness (QED) is 0.393. The molecule has 0 aliphatic carbocycles. The largest absolute Gasteiger partial charge is 0.368 e. The number of rotatable bonds is 8. The van der Waals surface area contributed by atoms with E-state index in [1.165, 1.54) is 4.88 Å². The number of benzene rings is 1. The maximum Gasteiger partial charge on any atom is 0.251 e. The van der Waals surface area contributed by atoms with Crippen LogP contribution >= 0.6 is 11.3 Å². The molecule has 1 aromatic heterocycles. The number of hydrogen-bond acceptors (Lipinski definition) is 5. The molecule has 9 heteroatoms. The summed E-state index contributed by atoms with van der Waals surface area (Å²) in [5, 5.41) is 9.92. The number of aromatic nitrogens is 1. The van der Waals surface area contributed by atoms with Crippen LogP contribution in [0.5, 0.6) is 0 Å². The van der Waals surface area contributed by atoms with Crippen molar-refractivity contribution in [2.75, 3.05) is 13.6 Å². The minimum absolute atomic E-state index is 0.178. The molecule has 1 heterocycles. The van der Waals surface area contributed by atoms with E-state index in [4.69, 9.17) is 5.73 Å². The van der Waals surface area contributed by atoms with Gasteiger partial charge in [-0.25, -0.2) is 4.98 Å². The number of primary amides is 1. The molecule has 27 heavy (non-hydrogen) atoms. The van der Waals surface area contributed by atoms with E-state index < -0.39 is 5.91 Å². The van der Waals surface area contributed by atoms with Crippen LogP contribution in [0, 0.1) is 0 Å². The lowest BCUT2D eigenvalue weighted by atomic mass is 10.1. The second-order valence-corrected chi connectivity index (χ2v) is 6.90. The van der Waals surface area contributed by atoms with Crippen LogP contribution < -0.4 is 21.7 Å². The summed E-state index contributed by atoms with van der Waals surface area (Å²) in [7, 11) is 1.71. The first-order valence-corrected chi connectivity index (χ1v) is 9.37. The summed E-state index contributed by atoms with van der Waals surface area (Å²) in [6, 6.07) is 7.08. The van der Waals surface area contributed by atoms with E-state index >= 15 is 0 Å². The summed E-state index contributed by atoms with van der Waals surface area (Å²) in [5.41, 5.74) is 6.47. The number of guanidine groups is 1. The average molecular weight is 388 g/mol. The minimum atomic E-state index is -0.577. The highest BCUT2D eigenvalue weighted by molar-refractivity contribution is 7.11. The summed E-state index contributed by atoms with van der Waals surface area (Å²) in [6.07, 6.45) is 2.89. The van der Waals surface area contributed by atoms with Gasteiger partial charge in [-0.3, -0.25) is 14.6 Å². The second kappa shape index (κ2) is 10.3. The first-order valence-electron chi connectivity index (χ1n) is 8.55. The molecule has 2 aromatic rings. The maximum absolute atomic E-state index is 11.8. The molecule has 0 aliphatic heterocycles. The number of amides is 2. The molecule has 2 rings (SSSR count). The number of nitrogens with zero attached hydrogens (tertiary/aromatic N) is 2. The van der Waals surface area contributed by atoms with Crippen LogP contribution in [-0.2, 0) is 24.3 Å². The third-order valence-electron chi connectivity index (χ3n) is 3.68. The standard InChI is InChI=1S/C18H24N6O2S/c1-3-14-9-21-16(27-14)11-24-18(20-2)23-8-12-4-6-13(7-5-12)17(26)22-10-15(19)25/h4-7,9H,3,8,10-11H2,1-2H3,(H2,19,25)(H,22,26)(H2,20,23,24). The fourth-order valence-corrected chi connectivity index (χ4v) is 3.00. The van der Waals surface area contributed by atoms with Gasteiger partial charge in [-0.15, -0.1) is 11.3 Å². The molecule has 0 fully saturated rings. The molecule has 0 saturated carbocycles. The first kappa shape index (κ1) is 20.4. The van der Waals surface area contributed by atoms with Gasteiger partial charge in [-0.05, 0) is 24.1 Å². The van der Waals surface area contributed by atoms with E-state index in [-0.39, 0.29) is 12.5 Å². The lowest BCUT2D eigenvalue weighted by Crippen LogP contribution is -2.36. The van der Waals surface area contributed by atoms with Crippen LogP contribution in [0.1, 0.15) is 32.7 Å². The van der Waals surface area contributed by atoms with Crippen molar-refractivity contribution in [2.24, 2.45) is 10.7 Å². The van der Waals surface area contributed by atoms with Gasteiger partial charge in [0.05, 0.1) is 13.1 Å². The minimum Gasteiger partial charge on any atom is -0.368 e. The SMILES string of the molecule is CCc1cnc(CNC(=NC)NCc2ccc(C(=O)NCC(N)=O)cc2)s1. The van der Waals surface area contributed by atoms with Gasteiger partial charge >= 0.3 is 0 Å². The highest BCUT2D eigenvalue weighted by Crippen LogP contribution is 2.12. The molecular weight excluding hydrogens is 364 g/mol. The van der Waals surface area contributed by atoms with Crippen molar-refractivity contribution in [1.82, 2.24) is 20.9 Å². The molecule has 0 atom stereocenters. The van der Waals surface area contributed by atoms with Crippen LogP contribution in [0.3, 0.4) is 0 Å². The van der Waals surface area contributed by atoms with Crippen LogP contribution in [0.15, 0.2) is 35.5 Å². The van der Waals surface area contributed by atoms with Gasteiger partial charge in [-0.1, -0.05) is 19.1 Å². The van der Waals surface area contributed by atoms with Crippen LogP contribution in [0.2, 0.25) is 0 Å². The predicted octanol–water partition coefficient (Wildman–Crippen LogP) is 0.786. The molecule has 144 valence electrons. The Morgan fingerprint density at radius 2 is 1.85 bits per heavy atom. The number of aliphatic imine (C=N–C) groups is 1. The van der Waals surface area contributed by atoms with Gasteiger partial charge in [0.15, 0.2) is 5.96 Å². The first-order chi connectivity index (χ1) is 13.0. The summed E-state index contributed by atoms with van der Waals surface area (Å²) in [4.78, 5) is 32.4. The summed E-state index contributed by atoms with van der Waals surface area (Å²) in [5.74, 6) is -0.237. The molecule has 0 aliphatic rings. The molecule has 0 saturated heterocycles. The van der Waals surface area contributed by atoms with Gasteiger partial charge in [0.1, 0.15) is 5.01 Å². The molecular formula is C18H24N6O2S. The smallest absolute Gasteiger partial charge is 0.251 e. The van der Waals surface area contributed by atoms with Crippen LogP contribution in [0.25, 0.3) is 0 Å². The highest BCUT2D eigenvalue weighted by Gasteiger charge is 2.07. The van der Waals surface area contributed by atoms with E-state index in [1.807, 2.05) is 18.3 Å². The van der Waals surface area contributed by atoms with Crippen molar-refractivity contribution >= 4 is 29.1 Å². The Morgan fingerprint density at radius 1 is 1.15 bits per heavy atom. The number of hydrogen-bond donors (Lipinski definition) is 4. The molecule has 0 radical (unpaired) electrons. The van der Waals surface area contributed by atoms with Gasteiger partial charge in [-0.2, -0.15) is 0 Å². The van der Waals surface area contributed by atoms with Gasteiger partial charge < -0.3 is 21.7 Å². The molecule has 2 amide bonds. The Hall–Kier alpha value is -2.94. The number of carbonyl (C=O) groups excluding carboxylic acids is 2. The van der Waals surface area contributed by atoms with Crippen LogP contribution in [-0.4, -0.2) is 36.4 Å². The van der Waals surface area contributed by atoms with Crippen LogP contribution in [0.4, 0.5) is 0 Å². The Bertz CT molecular complexity index is 800. The Morgan fingerprint density at radius 3 is 2.44 bits per heavy atom. The van der Waals surface area contributed by atoms with Crippen molar-refractivity contribution in [2.45, 2.75) is 26.4 Å². The van der Waals surface area contributed by atoms with Crippen molar-refractivity contribution < 1.29 is 9.59 Å². The maximum atomic E-state index is 11.8. The molecule has 1 aromatic carbocycles. The van der Waals surface area contributed by atoms with Gasteiger partial charge in [0.2, 0.25) is 5.91 Å². The van der Waals surface area contributed by atoms with E-state index in [9.17, 15) is 9.59 Å². The summed E-state index contributed by atoms with van der Waals surface area (Å²) in [6.45, 7) is 3.10. The number of thiazole rings is 1. The summed E-state index contributed by atoms with van der Waals surface area (Å²) < 4.78 is 0. The van der Waals surface area contributed by atoms with Gasteiger partial charge in [0, 0.05) is 30.2 Å². The number of aryl methyl sites for hydroxylation is 1. The Kier molecular flexibility index (Phi) is 7.75. The lowest BCUT2D eigenvalue weighted by Gasteiger charge is -2.11. The monoisotopic (exact) mass is 388 g/mol. The molecule has 0 spiro atoms. The summed E-state index contributed by atoms with van der Waals surface area (Å²) >= 11 is 1.69. The average Bonchev–Trinajstić information content (AvgIpc) is 3.14. The van der Waals surface area contributed by atoms with Crippen molar-refractivity contribution in [1.29, 1.82) is 0 Å². The van der Waals surface area contributed by atoms with Crippen molar-refractivity contribution in [3.05, 3.63) is 51.5 Å². The van der Waals surface area contributed by atoms with E-state index in [1.54, 1.807) is 30.5 Å².